The Hall–Kier alpha value is -2.50. The summed E-state index contributed by atoms with van der Waals surface area (Å²) >= 11 is 0. The molecule has 0 radical (unpaired) electrons. The van der Waals surface area contributed by atoms with Crippen LogP contribution in [0, 0.1) is 0 Å². The summed E-state index contributed by atoms with van der Waals surface area (Å²) in [4.78, 5) is 28.4. The van der Waals surface area contributed by atoms with Gasteiger partial charge in [0.25, 0.3) is 5.56 Å². The Kier molecular flexibility index (Phi) is 5.36. The van der Waals surface area contributed by atoms with Gasteiger partial charge in [0.1, 0.15) is 6.54 Å². The smallest absolute Gasteiger partial charge is 0.267 e. The molecule has 2 aromatic rings. The van der Waals surface area contributed by atoms with Gasteiger partial charge in [-0.15, -0.1) is 0 Å². The quantitative estimate of drug-likeness (QED) is 0.840. The highest BCUT2D eigenvalue weighted by atomic mass is 16.2. The zero-order chi connectivity index (χ0) is 16.8. The van der Waals surface area contributed by atoms with Gasteiger partial charge in [0.15, 0.2) is 0 Å². The first-order chi connectivity index (χ1) is 11.7. The third-order valence-electron chi connectivity index (χ3n) is 4.25. The first kappa shape index (κ1) is 16.4. The molecule has 3 rings (SSSR count). The molecule has 2 heterocycles. The maximum atomic E-state index is 12.1. The number of hydrogen-bond acceptors (Lipinski definition) is 4. The first-order valence-electron chi connectivity index (χ1n) is 8.49. The van der Waals surface area contributed by atoms with Crippen molar-refractivity contribution in [1.29, 1.82) is 0 Å². The number of amides is 1. The summed E-state index contributed by atoms with van der Waals surface area (Å²) in [6.45, 7) is 0.462. The molecule has 0 bridgehead atoms. The first-order valence-corrected chi connectivity index (χ1v) is 8.49. The largest absolute Gasteiger partial charge is 0.354 e. The van der Waals surface area contributed by atoms with Crippen LogP contribution in [-0.4, -0.2) is 27.2 Å². The lowest BCUT2D eigenvalue weighted by Gasteiger charge is -2.10. The molecule has 0 fully saturated rings. The predicted molar refractivity (Wildman–Crippen MR) is 90.7 cm³/mol. The van der Waals surface area contributed by atoms with E-state index in [1.54, 1.807) is 12.3 Å². The Morgan fingerprint density at radius 2 is 2.08 bits per heavy atom. The second-order valence-electron chi connectivity index (χ2n) is 6.09. The van der Waals surface area contributed by atoms with Crippen LogP contribution in [0.5, 0.6) is 0 Å². The minimum absolute atomic E-state index is 0.0334. The monoisotopic (exact) mass is 326 g/mol. The molecule has 24 heavy (non-hydrogen) atoms. The normalized spacial score (nSPS) is 13.8. The van der Waals surface area contributed by atoms with Gasteiger partial charge in [-0.2, -0.15) is 5.10 Å². The van der Waals surface area contributed by atoms with E-state index in [2.05, 4.69) is 15.4 Å². The third kappa shape index (κ3) is 4.28. The average molecular weight is 326 g/mol. The average Bonchev–Trinajstić information content (AvgIpc) is 2.81. The van der Waals surface area contributed by atoms with Crippen LogP contribution in [0.3, 0.4) is 0 Å². The van der Waals surface area contributed by atoms with Gasteiger partial charge in [0.05, 0.1) is 5.69 Å². The molecule has 0 atom stereocenters. The summed E-state index contributed by atoms with van der Waals surface area (Å²) in [5.74, 6) is -0.200. The molecule has 126 valence electrons. The van der Waals surface area contributed by atoms with Gasteiger partial charge >= 0.3 is 0 Å². The van der Waals surface area contributed by atoms with Gasteiger partial charge < -0.3 is 5.32 Å². The summed E-state index contributed by atoms with van der Waals surface area (Å²) in [6, 6.07) is 7.35. The van der Waals surface area contributed by atoms with Crippen LogP contribution in [0.1, 0.15) is 36.2 Å². The van der Waals surface area contributed by atoms with Crippen molar-refractivity contribution in [3.8, 4) is 0 Å². The molecule has 1 aliphatic carbocycles. The number of aryl methyl sites for hydroxylation is 2. The fraction of sp³-hybridized carbons (Fsp3) is 0.444. The second-order valence-corrected chi connectivity index (χ2v) is 6.09. The van der Waals surface area contributed by atoms with E-state index in [4.69, 9.17) is 0 Å². The van der Waals surface area contributed by atoms with Gasteiger partial charge in [-0.25, -0.2) is 4.68 Å². The third-order valence-corrected chi connectivity index (χ3v) is 4.25. The maximum absolute atomic E-state index is 12.1. The number of carbonyl (C=O) groups is 1. The van der Waals surface area contributed by atoms with Crippen LogP contribution in [0.2, 0.25) is 0 Å². The Bertz CT molecular complexity index is 755. The Labute approximate surface area is 140 Å². The van der Waals surface area contributed by atoms with Crippen molar-refractivity contribution in [2.24, 2.45) is 0 Å². The highest BCUT2D eigenvalue weighted by Gasteiger charge is 2.13. The van der Waals surface area contributed by atoms with Gasteiger partial charge in [-0.3, -0.25) is 14.6 Å². The topological polar surface area (TPSA) is 76.9 Å². The molecule has 0 aliphatic heterocycles. The van der Waals surface area contributed by atoms with Crippen LogP contribution >= 0.6 is 0 Å². The van der Waals surface area contributed by atoms with E-state index in [0.717, 1.165) is 42.6 Å². The summed E-state index contributed by atoms with van der Waals surface area (Å²) in [5.41, 5.74) is 2.74. The van der Waals surface area contributed by atoms with Crippen LogP contribution in [0.15, 0.2) is 35.3 Å². The minimum atomic E-state index is -0.200. The molecule has 1 N–H and O–H groups in total. The zero-order valence-corrected chi connectivity index (χ0v) is 13.7. The maximum Gasteiger partial charge on any atom is 0.267 e. The number of carbonyl (C=O) groups excluding carboxylic acids is 1. The van der Waals surface area contributed by atoms with Crippen molar-refractivity contribution in [3.05, 3.63) is 57.8 Å². The van der Waals surface area contributed by atoms with Crippen LogP contribution in [0.25, 0.3) is 0 Å². The number of rotatable bonds is 5. The molecule has 0 saturated carbocycles. The molecular weight excluding hydrogens is 304 g/mol. The molecule has 0 aromatic carbocycles. The molecule has 6 heteroatoms. The van der Waals surface area contributed by atoms with Crippen LogP contribution < -0.4 is 10.9 Å². The molecule has 0 unspecified atom stereocenters. The molecule has 1 amide bonds. The second kappa shape index (κ2) is 7.86. The van der Waals surface area contributed by atoms with Crippen LogP contribution in [-0.2, 0) is 30.6 Å². The van der Waals surface area contributed by atoms with E-state index >= 15 is 0 Å². The number of pyridine rings is 1. The van der Waals surface area contributed by atoms with Crippen molar-refractivity contribution in [2.45, 2.75) is 45.1 Å². The molecule has 2 aromatic heterocycles. The fourth-order valence-corrected chi connectivity index (χ4v) is 2.96. The Morgan fingerprint density at radius 1 is 1.21 bits per heavy atom. The number of hydrogen-bond donors (Lipinski definition) is 1. The minimum Gasteiger partial charge on any atom is -0.354 e. The molecule has 6 nitrogen and oxygen atoms in total. The van der Waals surface area contributed by atoms with E-state index < -0.39 is 0 Å². The van der Waals surface area contributed by atoms with E-state index in [0.29, 0.717) is 13.0 Å². The Morgan fingerprint density at radius 3 is 2.92 bits per heavy atom. The summed E-state index contributed by atoms with van der Waals surface area (Å²) < 4.78 is 1.28. The molecule has 0 spiro atoms. The van der Waals surface area contributed by atoms with Crippen molar-refractivity contribution in [2.75, 3.05) is 6.54 Å². The SMILES string of the molecule is O=C(Cn1nc2c(cc1=O)CCCCC2)NCCc1ccccn1. The van der Waals surface area contributed by atoms with Crippen molar-refractivity contribution < 1.29 is 4.79 Å². The van der Waals surface area contributed by atoms with E-state index in [9.17, 15) is 9.59 Å². The highest BCUT2D eigenvalue weighted by molar-refractivity contribution is 5.75. The lowest BCUT2D eigenvalue weighted by Crippen LogP contribution is -2.35. The van der Waals surface area contributed by atoms with Gasteiger partial charge in [-0.1, -0.05) is 12.5 Å². The van der Waals surface area contributed by atoms with Gasteiger partial charge in [0, 0.05) is 30.9 Å². The van der Waals surface area contributed by atoms with Crippen molar-refractivity contribution in [3.63, 3.8) is 0 Å². The lowest BCUT2D eigenvalue weighted by atomic mass is 10.1. The zero-order valence-electron chi connectivity index (χ0n) is 13.7. The predicted octanol–water partition coefficient (Wildman–Crippen LogP) is 1.27. The van der Waals surface area contributed by atoms with Crippen molar-refractivity contribution >= 4 is 5.91 Å². The number of fused-ring (bicyclic) bond motifs is 1. The number of nitrogens with one attached hydrogen (secondary N) is 1. The fourth-order valence-electron chi connectivity index (χ4n) is 2.96. The standard InChI is InChI=1S/C18H22N4O2/c23-17(20-11-9-15-7-4-5-10-19-15)13-22-18(24)12-14-6-2-1-3-8-16(14)21-22/h4-5,7,10,12H,1-3,6,8-9,11,13H2,(H,20,23). The molecule has 1 aliphatic rings. The summed E-state index contributed by atoms with van der Waals surface area (Å²) in [5, 5.41) is 7.23. The van der Waals surface area contributed by atoms with E-state index in [-0.39, 0.29) is 18.0 Å². The molecular formula is C18H22N4O2. The Balaban J connectivity index is 1.58. The summed E-state index contributed by atoms with van der Waals surface area (Å²) in [6.07, 6.45) is 7.56. The molecule has 0 saturated heterocycles. The van der Waals surface area contributed by atoms with Gasteiger partial charge in [-0.05, 0) is 43.4 Å². The van der Waals surface area contributed by atoms with Crippen LogP contribution in [0.4, 0.5) is 0 Å². The van der Waals surface area contributed by atoms with E-state index in [1.165, 1.54) is 11.1 Å². The number of aromatic nitrogens is 3. The van der Waals surface area contributed by atoms with Gasteiger partial charge in [0.2, 0.25) is 5.91 Å². The van der Waals surface area contributed by atoms with E-state index in [1.807, 2.05) is 18.2 Å². The van der Waals surface area contributed by atoms with Crippen molar-refractivity contribution in [1.82, 2.24) is 20.1 Å². The lowest BCUT2D eigenvalue weighted by molar-refractivity contribution is -0.121. The number of nitrogens with zero attached hydrogens (tertiary/aromatic N) is 3. The highest BCUT2D eigenvalue weighted by Crippen LogP contribution is 2.16. The summed E-state index contributed by atoms with van der Waals surface area (Å²) in [7, 11) is 0.